The van der Waals surface area contributed by atoms with E-state index in [4.69, 9.17) is 4.74 Å². The van der Waals surface area contributed by atoms with Crippen molar-refractivity contribution in [1.29, 1.82) is 0 Å². The van der Waals surface area contributed by atoms with Crippen LogP contribution in [0.1, 0.15) is 25.8 Å². The second-order valence-electron chi connectivity index (χ2n) is 6.07. The number of nitrogens with zero attached hydrogens (tertiary/aromatic N) is 1. The molecule has 0 radical (unpaired) electrons. The van der Waals surface area contributed by atoms with Gasteiger partial charge in [0.1, 0.15) is 5.75 Å². The second kappa shape index (κ2) is 9.41. The molecule has 0 aliphatic heterocycles. The molecule has 2 aromatic rings. The van der Waals surface area contributed by atoms with E-state index in [0.29, 0.717) is 18.0 Å². The maximum absolute atomic E-state index is 12.3. The van der Waals surface area contributed by atoms with Crippen LogP contribution in [0, 0.1) is 0 Å². The van der Waals surface area contributed by atoms with Gasteiger partial charge in [0, 0.05) is 18.7 Å². The van der Waals surface area contributed by atoms with Gasteiger partial charge in [0.15, 0.2) is 0 Å². The Morgan fingerprint density at radius 1 is 1.07 bits per heavy atom. The molecule has 0 fully saturated rings. The highest BCUT2D eigenvalue weighted by Crippen LogP contribution is 2.22. The zero-order valence-electron chi connectivity index (χ0n) is 15.9. The van der Waals surface area contributed by atoms with Crippen molar-refractivity contribution >= 4 is 27.3 Å². The number of hydrogen-bond acceptors (Lipinski definition) is 4. The van der Waals surface area contributed by atoms with Gasteiger partial charge in [-0.05, 0) is 49.2 Å². The van der Waals surface area contributed by atoms with Crippen LogP contribution in [0.15, 0.2) is 48.5 Å². The first-order valence-electron chi connectivity index (χ1n) is 8.93. The van der Waals surface area contributed by atoms with Gasteiger partial charge >= 0.3 is 0 Å². The highest BCUT2D eigenvalue weighted by molar-refractivity contribution is 7.92. The number of anilines is 2. The minimum atomic E-state index is -3.51. The second-order valence-corrected chi connectivity index (χ2v) is 7.98. The Labute approximate surface area is 161 Å². The quantitative estimate of drug-likeness (QED) is 0.712. The molecule has 0 spiro atoms. The summed E-state index contributed by atoms with van der Waals surface area (Å²) in [4.78, 5) is 12.3. The normalized spacial score (nSPS) is 11.1. The van der Waals surface area contributed by atoms with Crippen LogP contribution in [-0.2, 0) is 21.2 Å². The van der Waals surface area contributed by atoms with Crippen molar-refractivity contribution in [2.75, 3.05) is 29.0 Å². The zero-order valence-corrected chi connectivity index (χ0v) is 16.8. The van der Waals surface area contributed by atoms with Gasteiger partial charge in [-0.2, -0.15) is 0 Å². The molecule has 7 heteroatoms. The van der Waals surface area contributed by atoms with Gasteiger partial charge in [-0.3, -0.25) is 9.10 Å². The van der Waals surface area contributed by atoms with E-state index in [1.807, 2.05) is 38.1 Å². The Balaban J connectivity index is 2.07. The van der Waals surface area contributed by atoms with Crippen molar-refractivity contribution in [1.82, 2.24) is 0 Å². The number of benzene rings is 2. The number of hydrogen-bond donors (Lipinski definition) is 1. The highest BCUT2D eigenvalue weighted by atomic mass is 32.2. The minimum absolute atomic E-state index is 0.0539. The van der Waals surface area contributed by atoms with E-state index in [0.717, 1.165) is 23.9 Å². The average molecular weight is 391 g/mol. The Morgan fingerprint density at radius 2 is 1.74 bits per heavy atom. The lowest BCUT2D eigenvalue weighted by Crippen LogP contribution is -2.33. The van der Waals surface area contributed by atoms with Crippen LogP contribution in [0.25, 0.3) is 0 Å². The third-order valence-corrected chi connectivity index (χ3v) is 5.24. The van der Waals surface area contributed by atoms with Crippen molar-refractivity contribution in [3.8, 4) is 5.75 Å². The molecule has 0 unspecified atom stereocenters. The molecule has 0 heterocycles. The molecule has 0 aliphatic carbocycles. The first-order chi connectivity index (χ1) is 12.8. The third-order valence-electron chi connectivity index (χ3n) is 4.05. The van der Waals surface area contributed by atoms with E-state index >= 15 is 0 Å². The summed E-state index contributed by atoms with van der Waals surface area (Å²) >= 11 is 0. The van der Waals surface area contributed by atoms with Crippen LogP contribution in [0.5, 0.6) is 5.75 Å². The SMILES string of the molecule is CCOc1ccc(N(CCC(=O)Nc2ccccc2CC)S(C)(=O)=O)cc1. The Morgan fingerprint density at radius 3 is 2.33 bits per heavy atom. The smallest absolute Gasteiger partial charge is 0.232 e. The van der Waals surface area contributed by atoms with Crippen LogP contribution >= 0.6 is 0 Å². The van der Waals surface area contributed by atoms with Gasteiger partial charge in [-0.1, -0.05) is 25.1 Å². The summed E-state index contributed by atoms with van der Waals surface area (Å²) in [5.74, 6) is 0.444. The number of amides is 1. The molecule has 0 aliphatic rings. The van der Waals surface area contributed by atoms with Gasteiger partial charge in [-0.15, -0.1) is 0 Å². The summed E-state index contributed by atoms with van der Waals surface area (Å²) < 4.78 is 31.0. The maximum atomic E-state index is 12.3. The van der Waals surface area contributed by atoms with E-state index in [2.05, 4.69) is 5.32 Å². The van der Waals surface area contributed by atoms with Gasteiger partial charge in [-0.25, -0.2) is 8.42 Å². The lowest BCUT2D eigenvalue weighted by Gasteiger charge is -2.22. The van der Waals surface area contributed by atoms with Crippen molar-refractivity contribution < 1.29 is 17.9 Å². The molecule has 27 heavy (non-hydrogen) atoms. The van der Waals surface area contributed by atoms with E-state index in [1.165, 1.54) is 4.31 Å². The number of sulfonamides is 1. The first-order valence-corrected chi connectivity index (χ1v) is 10.8. The molecule has 2 aromatic carbocycles. The third kappa shape index (κ3) is 5.99. The summed E-state index contributed by atoms with van der Waals surface area (Å²) in [5.41, 5.74) is 2.30. The van der Waals surface area contributed by atoms with E-state index < -0.39 is 10.0 Å². The Kier molecular flexibility index (Phi) is 7.24. The number of para-hydroxylation sites is 1. The number of carbonyl (C=O) groups is 1. The molecule has 2 rings (SSSR count). The average Bonchev–Trinajstić information content (AvgIpc) is 2.63. The van der Waals surface area contributed by atoms with E-state index in [1.54, 1.807) is 24.3 Å². The fraction of sp³-hybridized carbons (Fsp3) is 0.350. The lowest BCUT2D eigenvalue weighted by atomic mass is 10.1. The molecule has 0 saturated carbocycles. The maximum Gasteiger partial charge on any atom is 0.232 e. The Hall–Kier alpha value is -2.54. The summed E-state index contributed by atoms with van der Waals surface area (Å²) in [6.45, 7) is 4.50. The van der Waals surface area contributed by atoms with Crippen molar-refractivity contribution in [3.05, 3.63) is 54.1 Å². The summed E-state index contributed by atoms with van der Waals surface area (Å²) in [6.07, 6.45) is 1.99. The molecule has 146 valence electrons. The molecular formula is C20H26N2O4S. The molecule has 0 atom stereocenters. The number of aryl methyl sites for hydroxylation is 1. The number of rotatable bonds is 9. The topological polar surface area (TPSA) is 75.7 Å². The van der Waals surface area contributed by atoms with Crippen LogP contribution < -0.4 is 14.4 Å². The Bertz CT molecular complexity index is 864. The van der Waals surface area contributed by atoms with Gasteiger partial charge in [0.25, 0.3) is 0 Å². The summed E-state index contributed by atoms with van der Waals surface area (Å²) in [5, 5.41) is 2.87. The molecule has 1 amide bonds. The van der Waals surface area contributed by atoms with Crippen LogP contribution in [0.3, 0.4) is 0 Å². The standard InChI is InChI=1S/C20H26N2O4S/c1-4-16-8-6-7-9-19(16)21-20(23)14-15-22(27(3,24)25)17-10-12-18(13-11-17)26-5-2/h6-13H,4-5,14-15H2,1-3H3,(H,21,23). The van der Waals surface area contributed by atoms with Crippen LogP contribution in [-0.4, -0.2) is 33.7 Å². The fourth-order valence-corrected chi connectivity index (χ4v) is 3.66. The van der Waals surface area contributed by atoms with E-state index in [-0.39, 0.29) is 18.9 Å². The molecule has 0 saturated heterocycles. The minimum Gasteiger partial charge on any atom is -0.494 e. The first kappa shape index (κ1) is 20.8. The fourth-order valence-electron chi connectivity index (χ4n) is 2.73. The molecular weight excluding hydrogens is 364 g/mol. The number of carbonyl (C=O) groups excluding carboxylic acids is 1. The van der Waals surface area contributed by atoms with Crippen LogP contribution in [0.4, 0.5) is 11.4 Å². The van der Waals surface area contributed by atoms with Gasteiger partial charge in [0.05, 0.1) is 18.6 Å². The zero-order chi connectivity index (χ0) is 19.9. The predicted octanol–water partition coefficient (Wildman–Crippen LogP) is 3.44. The van der Waals surface area contributed by atoms with Crippen molar-refractivity contribution in [3.63, 3.8) is 0 Å². The monoisotopic (exact) mass is 390 g/mol. The predicted molar refractivity (Wildman–Crippen MR) is 109 cm³/mol. The lowest BCUT2D eigenvalue weighted by molar-refractivity contribution is -0.116. The highest BCUT2D eigenvalue weighted by Gasteiger charge is 2.19. The van der Waals surface area contributed by atoms with Crippen molar-refractivity contribution in [2.24, 2.45) is 0 Å². The number of nitrogens with one attached hydrogen (secondary N) is 1. The molecule has 0 bridgehead atoms. The van der Waals surface area contributed by atoms with Gasteiger partial charge < -0.3 is 10.1 Å². The van der Waals surface area contributed by atoms with E-state index in [9.17, 15) is 13.2 Å². The molecule has 6 nitrogen and oxygen atoms in total. The largest absolute Gasteiger partial charge is 0.494 e. The van der Waals surface area contributed by atoms with Gasteiger partial charge in [0.2, 0.25) is 15.9 Å². The summed E-state index contributed by atoms with van der Waals surface area (Å²) in [6, 6.07) is 14.4. The van der Waals surface area contributed by atoms with Crippen LogP contribution in [0.2, 0.25) is 0 Å². The summed E-state index contributed by atoms with van der Waals surface area (Å²) in [7, 11) is -3.51. The number of ether oxygens (including phenoxy) is 1. The molecule has 0 aromatic heterocycles. The van der Waals surface area contributed by atoms with Crippen molar-refractivity contribution in [2.45, 2.75) is 26.7 Å². The molecule has 1 N–H and O–H groups in total.